The van der Waals surface area contributed by atoms with Gasteiger partial charge in [0.1, 0.15) is 6.61 Å². The van der Waals surface area contributed by atoms with E-state index in [9.17, 15) is 18.3 Å². The largest absolute Gasteiger partial charge is 0.481 e. The number of oxime groups is 1. The topological polar surface area (TPSA) is 105 Å². The molecule has 0 aliphatic heterocycles. The summed E-state index contributed by atoms with van der Waals surface area (Å²) in [5.74, 6) is -0.648. The van der Waals surface area contributed by atoms with Crippen LogP contribution < -0.4 is 4.72 Å². The predicted octanol–water partition coefficient (Wildman–Crippen LogP) is 6.59. The molecule has 0 radical (unpaired) electrons. The summed E-state index contributed by atoms with van der Waals surface area (Å²) >= 11 is 7.05. The number of fused-ring (bicyclic) bond motifs is 3. The standard InChI is InChI=1S/C28H34Br2N2O5S/c1-17(2)20-14-21-22(15-23(20)30)27(3)9-6-10-28(4,26(33)34)25(27)16-24(21)32-37-12-11-31-38(35,36)19-8-5-7-18(29)13-19/h5,7-8,13-15,17,25,31H,6,9-12,16H2,1-4H3,(H,33,34)/b32-24+/t25-,27-,28-/m1/s1. The summed E-state index contributed by atoms with van der Waals surface area (Å²) < 4.78 is 29.4. The SMILES string of the molecule is CC(C)c1cc2c(cc1Br)[C@@]1(C)CCC[C@@](C)(C(=O)O)[C@@H]1C/C2=N\OCCNS(=O)(=O)c1cccc(Br)c1. The van der Waals surface area contributed by atoms with E-state index in [0.29, 0.717) is 23.0 Å². The van der Waals surface area contributed by atoms with Crippen LogP contribution in [0.4, 0.5) is 0 Å². The molecular weight excluding hydrogens is 636 g/mol. The van der Waals surface area contributed by atoms with Crippen LogP contribution in [0.5, 0.6) is 0 Å². The van der Waals surface area contributed by atoms with E-state index < -0.39 is 21.4 Å². The molecule has 0 saturated heterocycles. The molecule has 0 bridgehead atoms. The van der Waals surface area contributed by atoms with Crippen molar-refractivity contribution < 1.29 is 23.2 Å². The van der Waals surface area contributed by atoms with Gasteiger partial charge in [-0.3, -0.25) is 4.79 Å². The molecule has 4 rings (SSSR count). The molecule has 38 heavy (non-hydrogen) atoms. The zero-order valence-corrected chi connectivity index (χ0v) is 26.0. The van der Waals surface area contributed by atoms with Gasteiger partial charge in [-0.25, -0.2) is 13.1 Å². The van der Waals surface area contributed by atoms with E-state index in [1.807, 2.05) is 6.92 Å². The van der Waals surface area contributed by atoms with E-state index in [1.165, 1.54) is 12.1 Å². The highest BCUT2D eigenvalue weighted by Crippen LogP contribution is 2.58. The van der Waals surface area contributed by atoms with Crippen LogP contribution in [-0.4, -0.2) is 38.4 Å². The van der Waals surface area contributed by atoms with Crippen LogP contribution in [0.2, 0.25) is 0 Å². The molecule has 3 atom stereocenters. The van der Waals surface area contributed by atoms with E-state index in [0.717, 1.165) is 34.0 Å². The molecule has 2 aliphatic carbocycles. The Kier molecular flexibility index (Phi) is 8.48. The molecule has 0 unspecified atom stereocenters. The molecule has 2 N–H and O–H groups in total. The minimum atomic E-state index is -3.68. The maximum Gasteiger partial charge on any atom is 0.309 e. The normalized spacial score (nSPS) is 26.2. The molecule has 10 heteroatoms. The van der Waals surface area contributed by atoms with Crippen molar-refractivity contribution in [3.8, 4) is 0 Å². The van der Waals surface area contributed by atoms with E-state index in [4.69, 9.17) is 4.84 Å². The zero-order valence-electron chi connectivity index (χ0n) is 22.1. The first-order chi connectivity index (χ1) is 17.8. The zero-order chi connectivity index (χ0) is 27.9. The van der Waals surface area contributed by atoms with Crippen molar-refractivity contribution >= 4 is 53.6 Å². The number of benzene rings is 2. The highest BCUT2D eigenvalue weighted by Gasteiger charge is 2.56. The number of carboxylic acid groups (broad SMARTS) is 1. The molecule has 1 fully saturated rings. The molecule has 2 aliphatic rings. The average Bonchev–Trinajstić information content (AvgIpc) is 2.84. The van der Waals surface area contributed by atoms with Gasteiger partial charge in [-0.15, -0.1) is 0 Å². The molecule has 7 nitrogen and oxygen atoms in total. The van der Waals surface area contributed by atoms with Crippen molar-refractivity contribution in [3.05, 3.63) is 62.0 Å². The van der Waals surface area contributed by atoms with Crippen LogP contribution in [0.3, 0.4) is 0 Å². The number of carbonyl (C=O) groups is 1. The van der Waals surface area contributed by atoms with E-state index in [2.05, 4.69) is 74.6 Å². The third-order valence-corrected chi connectivity index (χ3v) is 10.9. The van der Waals surface area contributed by atoms with Crippen LogP contribution in [0.15, 0.2) is 55.4 Å². The second-order valence-corrected chi connectivity index (χ2v) is 14.6. The van der Waals surface area contributed by atoms with Crippen LogP contribution >= 0.6 is 31.9 Å². The van der Waals surface area contributed by atoms with Gasteiger partial charge in [0.25, 0.3) is 0 Å². The number of hydrogen-bond acceptors (Lipinski definition) is 5. The molecule has 206 valence electrons. The van der Waals surface area contributed by atoms with Gasteiger partial charge in [0.15, 0.2) is 0 Å². The van der Waals surface area contributed by atoms with Crippen molar-refractivity contribution in [2.75, 3.05) is 13.2 Å². The Hall–Kier alpha value is -1.75. The van der Waals surface area contributed by atoms with Crippen molar-refractivity contribution in [1.29, 1.82) is 0 Å². The lowest BCUT2D eigenvalue weighted by Gasteiger charge is -2.53. The number of nitrogens with one attached hydrogen (secondary N) is 1. The van der Waals surface area contributed by atoms with E-state index >= 15 is 0 Å². The molecule has 1 saturated carbocycles. The summed E-state index contributed by atoms with van der Waals surface area (Å²) in [6.07, 6.45) is 2.86. The second-order valence-electron chi connectivity index (χ2n) is 11.1. The van der Waals surface area contributed by atoms with Crippen LogP contribution in [-0.2, 0) is 25.1 Å². The molecule has 0 heterocycles. The third kappa shape index (κ3) is 5.46. The molecule has 2 aromatic rings. The quantitative estimate of drug-likeness (QED) is 0.244. The van der Waals surface area contributed by atoms with Crippen LogP contribution in [0.25, 0.3) is 0 Å². The summed E-state index contributed by atoms with van der Waals surface area (Å²) in [6.45, 7) is 8.39. The maximum absolute atomic E-state index is 12.6. The predicted molar refractivity (Wildman–Crippen MR) is 155 cm³/mol. The molecular formula is C28H34Br2N2O5S. The molecule has 0 amide bonds. The molecule has 2 aromatic carbocycles. The van der Waals surface area contributed by atoms with Crippen molar-refractivity contribution in [1.82, 2.24) is 4.72 Å². The van der Waals surface area contributed by atoms with Gasteiger partial charge in [-0.05, 0) is 84.9 Å². The van der Waals surface area contributed by atoms with Crippen molar-refractivity contribution in [2.45, 2.75) is 69.6 Å². The fourth-order valence-corrected chi connectivity index (χ4v) is 8.51. The van der Waals surface area contributed by atoms with Crippen LogP contribution in [0.1, 0.15) is 76.0 Å². The van der Waals surface area contributed by atoms with Gasteiger partial charge in [0.2, 0.25) is 10.0 Å². The third-order valence-electron chi connectivity index (χ3n) is 8.27. The number of aliphatic carboxylic acids is 1. The first-order valence-corrected chi connectivity index (χ1v) is 15.9. The summed E-state index contributed by atoms with van der Waals surface area (Å²) in [7, 11) is -3.68. The van der Waals surface area contributed by atoms with Crippen molar-refractivity contribution in [2.24, 2.45) is 16.5 Å². The lowest BCUT2D eigenvalue weighted by Crippen LogP contribution is -2.53. The fourth-order valence-electron chi connectivity index (χ4n) is 6.10. The number of halogens is 2. The number of carboxylic acids is 1. The molecule has 0 aromatic heterocycles. The number of sulfonamides is 1. The Morgan fingerprint density at radius 2 is 1.95 bits per heavy atom. The van der Waals surface area contributed by atoms with Crippen molar-refractivity contribution in [3.63, 3.8) is 0 Å². The lowest BCUT2D eigenvalue weighted by atomic mass is 9.49. The fraction of sp³-hybridized carbons (Fsp3) is 0.500. The highest BCUT2D eigenvalue weighted by atomic mass is 79.9. The van der Waals surface area contributed by atoms with Gasteiger partial charge in [-0.2, -0.15) is 0 Å². The minimum Gasteiger partial charge on any atom is -0.481 e. The summed E-state index contributed by atoms with van der Waals surface area (Å²) in [6, 6.07) is 10.8. The number of nitrogens with zero attached hydrogens (tertiary/aromatic N) is 1. The van der Waals surface area contributed by atoms with Gasteiger partial charge < -0.3 is 9.94 Å². The second kappa shape index (κ2) is 11.0. The Morgan fingerprint density at radius 3 is 2.61 bits per heavy atom. The summed E-state index contributed by atoms with van der Waals surface area (Å²) in [5.41, 5.74) is 2.75. The van der Waals surface area contributed by atoms with Gasteiger partial charge in [0.05, 0.1) is 16.0 Å². The van der Waals surface area contributed by atoms with E-state index in [1.54, 1.807) is 12.1 Å². The Balaban J connectivity index is 1.62. The Labute approximate surface area is 241 Å². The smallest absolute Gasteiger partial charge is 0.309 e. The first-order valence-electron chi connectivity index (χ1n) is 12.8. The van der Waals surface area contributed by atoms with Gasteiger partial charge in [-0.1, -0.05) is 70.3 Å². The minimum absolute atomic E-state index is 0.0394. The Morgan fingerprint density at radius 1 is 1.21 bits per heavy atom. The lowest BCUT2D eigenvalue weighted by molar-refractivity contribution is -0.156. The Bertz CT molecular complexity index is 1380. The average molecular weight is 670 g/mol. The molecule has 0 spiro atoms. The number of hydrogen-bond donors (Lipinski definition) is 2. The summed E-state index contributed by atoms with van der Waals surface area (Å²) in [5, 5.41) is 14.7. The number of rotatable bonds is 8. The van der Waals surface area contributed by atoms with E-state index in [-0.39, 0.29) is 35.3 Å². The highest BCUT2D eigenvalue weighted by molar-refractivity contribution is 9.10. The van der Waals surface area contributed by atoms with Gasteiger partial charge >= 0.3 is 5.97 Å². The maximum atomic E-state index is 12.6. The monoisotopic (exact) mass is 668 g/mol. The van der Waals surface area contributed by atoms with Crippen LogP contribution in [0, 0.1) is 11.3 Å². The first kappa shape index (κ1) is 29.2. The van der Waals surface area contributed by atoms with Gasteiger partial charge in [0, 0.05) is 21.1 Å². The summed E-state index contributed by atoms with van der Waals surface area (Å²) in [4.78, 5) is 18.3.